The second-order valence-electron chi connectivity index (χ2n) is 10.9. The molecule has 0 aliphatic heterocycles. The van der Waals surface area contributed by atoms with E-state index in [-0.39, 0.29) is 0 Å². The Morgan fingerprint density at radius 1 is 0.325 bits per heavy atom. The number of nitrogens with zero attached hydrogens (tertiary/aromatic N) is 2. The second kappa shape index (κ2) is 7.19. The summed E-state index contributed by atoms with van der Waals surface area (Å²) in [4.78, 5) is 9.82. The van der Waals surface area contributed by atoms with Gasteiger partial charge < -0.3 is 0 Å². The summed E-state index contributed by atoms with van der Waals surface area (Å²) in [5.41, 5.74) is 13.4. The molecule has 2 heterocycles. The van der Waals surface area contributed by atoms with Gasteiger partial charge in [0.2, 0.25) is 0 Å². The molecule has 40 heavy (non-hydrogen) atoms. The molecule has 0 fully saturated rings. The van der Waals surface area contributed by atoms with Crippen LogP contribution in [-0.4, -0.2) is 9.97 Å². The van der Waals surface area contributed by atoms with Crippen LogP contribution in [0.4, 0.5) is 0 Å². The van der Waals surface area contributed by atoms with Gasteiger partial charge in [-0.25, -0.2) is 0 Å². The first-order chi connectivity index (χ1) is 19.9. The topological polar surface area (TPSA) is 25.8 Å². The van der Waals surface area contributed by atoms with E-state index in [1.54, 1.807) is 0 Å². The Morgan fingerprint density at radius 2 is 0.975 bits per heavy atom. The molecule has 0 amide bonds. The van der Waals surface area contributed by atoms with E-state index in [9.17, 15) is 0 Å². The number of hydrogen-bond acceptors (Lipinski definition) is 2. The van der Waals surface area contributed by atoms with Crippen LogP contribution in [0, 0.1) is 0 Å². The fourth-order valence-corrected chi connectivity index (χ4v) is 7.42. The van der Waals surface area contributed by atoms with E-state index in [0.29, 0.717) is 0 Å². The fraction of sp³-hybridized carbons (Fsp3) is 0. The van der Waals surface area contributed by atoms with Crippen LogP contribution < -0.4 is 0 Å². The molecule has 0 radical (unpaired) electrons. The monoisotopic (exact) mass is 504 g/mol. The molecular weight excluding hydrogens is 484 g/mol. The highest BCUT2D eigenvalue weighted by Crippen LogP contribution is 2.52. The maximum atomic E-state index is 5.01. The zero-order valence-electron chi connectivity index (χ0n) is 21.4. The van der Waals surface area contributed by atoms with Crippen molar-refractivity contribution >= 4 is 43.2 Å². The first-order valence-electron chi connectivity index (χ1n) is 13.8. The van der Waals surface area contributed by atoms with E-state index in [0.717, 1.165) is 11.2 Å². The molecule has 0 unspecified atom stereocenters. The van der Waals surface area contributed by atoms with Gasteiger partial charge in [0.25, 0.3) is 0 Å². The molecule has 2 aliphatic rings. The number of fused-ring (bicyclic) bond motifs is 10. The van der Waals surface area contributed by atoms with Crippen molar-refractivity contribution in [3.8, 4) is 55.8 Å². The SMILES string of the molecule is c1ccc2c(c1)-c1ccnc3c(-c4cc5c6cccc7c6c(cc5c5ccccc45)-c4ncccc4-7)ccc-2c13. The zero-order valence-corrected chi connectivity index (χ0v) is 21.4. The smallest absolute Gasteiger partial charge is 0.0793 e. The summed E-state index contributed by atoms with van der Waals surface area (Å²) >= 11 is 0. The third-order valence-electron chi connectivity index (χ3n) is 9.04. The molecule has 10 rings (SSSR count). The number of aromatic nitrogens is 2. The van der Waals surface area contributed by atoms with Crippen LogP contribution in [0.5, 0.6) is 0 Å². The molecule has 0 atom stereocenters. The van der Waals surface area contributed by atoms with Crippen molar-refractivity contribution in [2.45, 2.75) is 0 Å². The minimum Gasteiger partial charge on any atom is -0.256 e. The molecule has 2 heteroatoms. The Balaban J connectivity index is 1.36. The third-order valence-corrected chi connectivity index (χ3v) is 9.04. The third kappa shape index (κ3) is 2.41. The van der Waals surface area contributed by atoms with Gasteiger partial charge in [0, 0.05) is 34.5 Å². The highest BCUT2D eigenvalue weighted by atomic mass is 14.7. The van der Waals surface area contributed by atoms with Crippen LogP contribution >= 0.6 is 0 Å². The van der Waals surface area contributed by atoms with Gasteiger partial charge in [-0.15, -0.1) is 0 Å². The zero-order chi connectivity index (χ0) is 25.9. The van der Waals surface area contributed by atoms with E-state index in [4.69, 9.17) is 9.97 Å². The predicted octanol–water partition coefficient (Wildman–Crippen LogP) is 10.1. The summed E-state index contributed by atoms with van der Waals surface area (Å²) in [7, 11) is 0. The number of rotatable bonds is 1. The van der Waals surface area contributed by atoms with Crippen molar-refractivity contribution in [1.29, 1.82) is 0 Å². The van der Waals surface area contributed by atoms with E-state index in [2.05, 4.69) is 103 Å². The first-order valence-corrected chi connectivity index (χ1v) is 13.8. The van der Waals surface area contributed by atoms with E-state index in [1.165, 1.54) is 87.8 Å². The summed E-state index contributed by atoms with van der Waals surface area (Å²) in [6.45, 7) is 0. The number of benzene rings is 6. The van der Waals surface area contributed by atoms with Crippen LogP contribution in [0.25, 0.3) is 99.0 Å². The highest BCUT2D eigenvalue weighted by Gasteiger charge is 2.26. The van der Waals surface area contributed by atoms with Crippen LogP contribution in [-0.2, 0) is 0 Å². The lowest BCUT2D eigenvalue weighted by Crippen LogP contribution is -1.90. The molecule has 8 aromatic rings. The Bertz CT molecular complexity index is 2400. The van der Waals surface area contributed by atoms with Crippen LogP contribution in [0.3, 0.4) is 0 Å². The van der Waals surface area contributed by atoms with Crippen LogP contribution in [0.2, 0.25) is 0 Å². The van der Waals surface area contributed by atoms with Gasteiger partial charge in [-0.05, 0) is 90.0 Å². The second-order valence-corrected chi connectivity index (χ2v) is 10.9. The average Bonchev–Trinajstić information content (AvgIpc) is 3.52. The van der Waals surface area contributed by atoms with Gasteiger partial charge in [-0.2, -0.15) is 0 Å². The summed E-state index contributed by atoms with van der Waals surface area (Å²) in [5.74, 6) is 0. The van der Waals surface area contributed by atoms with Crippen molar-refractivity contribution in [2.75, 3.05) is 0 Å². The molecule has 2 aromatic heterocycles. The van der Waals surface area contributed by atoms with Crippen LogP contribution in [0.1, 0.15) is 0 Å². The normalized spacial score (nSPS) is 12.5. The van der Waals surface area contributed by atoms with Crippen molar-refractivity contribution in [2.24, 2.45) is 0 Å². The minimum atomic E-state index is 1.07. The Labute approximate surface area is 230 Å². The molecule has 2 aliphatic carbocycles. The lowest BCUT2D eigenvalue weighted by molar-refractivity contribution is 1.35. The molecule has 0 spiro atoms. The van der Waals surface area contributed by atoms with Gasteiger partial charge in [0.1, 0.15) is 0 Å². The molecule has 0 N–H and O–H groups in total. The summed E-state index contributed by atoms with van der Waals surface area (Å²) in [6.07, 6.45) is 3.87. The van der Waals surface area contributed by atoms with Gasteiger partial charge >= 0.3 is 0 Å². The summed E-state index contributed by atoms with van der Waals surface area (Å²) < 4.78 is 0. The Morgan fingerprint density at radius 3 is 1.88 bits per heavy atom. The molecule has 0 saturated heterocycles. The molecule has 6 aromatic carbocycles. The molecule has 182 valence electrons. The predicted molar refractivity (Wildman–Crippen MR) is 166 cm³/mol. The molecule has 0 saturated carbocycles. The average molecular weight is 505 g/mol. The quantitative estimate of drug-likeness (QED) is 0.208. The number of pyridine rings is 2. The Hall–Kier alpha value is -5.34. The van der Waals surface area contributed by atoms with E-state index < -0.39 is 0 Å². The van der Waals surface area contributed by atoms with Gasteiger partial charge in [0.05, 0.1) is 11.2 Å². The highest BCUT2D eigenvalue weighted by molar-refractivity contribution is 6.29. The van der Waals surface area contributed by atoms with E-state index in [1.807, 2.05) is 18.5 Å². The van der Waals surface area contributed by atoms with Crippen molar-refractivity contribution in [3.05, 3.63) is 122 Å². The standard InChI is InChI=1S/C38H20N2/c1-2-8-22-21(7-1)27-14-15-30(38-36(27)28(22)16-18-40-38)31-19-33-26-12-5-11-25-29-13-6-17-39-37(29)34(35(25)26)20-32(33)24-10-4-3-9-23(24)31/h1-20H. The molecular formula is C38H20N2. The maximum Gasteiger partial charge on any atom is 0.0793 e. The fourth-order valence-electron chi connectivity index (χ4n) is 7.42. The number of hydrogen-bond donors (Lipinski definition) is 0. The Kier molecular flexibility index (Phi) is 3.70. The molecule has 2 nitrogen and oxygen atoms in total. The molecule has 0 bridgehead atoms. The summed E-state index contributed by atoms with van der Waals surface area (Å²) in [6, 6.07) is 40.0. The van der Waals surface area contributed by atoms with Crippen molar-refractivity contribution in [1.82, 2.24) is 9.97 Å². The van der Waals surface area contributed by atoms with Gasteiger partial charge in [-0.3, -0.25) is 9.97 Å². The maximum absolute atomic E-state index is 5.01. The lowest BCUT2D eigenvalue weighted by Gasteiger charge is -2.16. The van der Waals surface area contributed by atoms with Gasteiger partial charge in [0.15, 0.2) is 0 Å². The van der Waals surface area contributed by atoms with Crippen molar-refractivity contribution < 1.29 is 0 Å². The lowest BCUT2D eigenvalue weighted by atomic mass is 9.88. The summed E-state index contributed by atoms with van der Waals surface area (Å²) in [5, 5.41) is 8.88. The van der Waals surface area contributed by atoms with Crippen LogP contribution in [0.15, 0.2) is 122 Å². The van der Waals surface area contributed by atoms with E-state index >= 15 is 0 Å². The van der Waals surface area contributed by atoms with Gasteiger partial charge in [-0.1, -0.05) is 84.9 Å². The van der Waals surface area contributed by atoms with Crippen molar-refractivity contribution in [3.63, 3.8) is 0 Å². The largest absolute Gasteiger partial charge is 0.256 e. The minimum absolute atomic E-state index is 1.07. The first kappa shape index (κ1) is 20.6.